The molecule has 12 nitrogen and oxygen atoms in total. The van der Waals surface area contributed by atoms with Gasteiger partial charge in [0.15, 0.2) is 0 Å². The molecule has 3 atom stereocenters. The van der Waals surface area contributed by atoms with Crippen molar-refractivity contribution in [1.82, 2.24) is 15.7 Å². The van der Waals surface area contributed by atoms with Crippen LogP contribution in [0.1, 0.15) is 64.7 Å². The van der Waals surface area contributed by atoms with Crippen molar-refractivity contribution < 1.29 is 43.0 Å². The number of hydrogen-bond acceptors (Lipinski definition) is 9. The van der Waals surface area contributed by atoms with Crippen LogP contribution in [0.4, 0.5) is 4.79 Å². The Labute approximate surface area is 230 Å². The number of ether oxygens (including phenoxy) is 3. The smallest absolute Gasteiger partial charge is 0.407 e. The SMILES string of the molecule is C=CCC[C@H]1[C@@H](CCC)[C@H]1COC(=O)NCCOCCOCCNC(=O)CCCC(=O)ON1C(=O)CCC1=O. The van der Waals surface area contributed by atoms with Crippen LogP contribution in [0.25, 0.3) is 0 Å². The third-order valence-corrected chi connectivity index (χ3v) is 6.68. The van der Waals surface area contributed by atoms with Gasteiger partial charge in [-0.25, -0.2) is 9.59 Å². The Hall–Kier alpha value is -2.99. The second-order valence-electron chi connectivity index (χ2n) is 9.64. The summed E-state index contributed by atoms with van der Waals surface area (Å²) in [6, 6.07) is 0. The maximum absolute atomic E-state index is 11.9. The van der Waals surface area contributed by atoms with E-state index in [0.29, 0.717) is 68.9 Å². The van der Waals surface area contributed by atoms with Crippen LogP contribution < -0.4 is 10.6 Å². The van der Waals surface area contributed by atoms with Crippen LogP contribution in [0.2, 0.25) is 0 Å². The van der Waals surface area contributed by atoms with Gasteiger partial charge in [-0.15, -0.1) is 11.6 Å². The summed E-state index contributed by atoms with van der Waals surface area (Å²) in [4.78, 5) is 63.0. The van der Waals surface area contributed by atoms with Crippen LogP contribution >= 0.6 is 0 Å². The molecule has 0 aromatic carbocycles. The lowest BCUT2D eigenvalue weighted by Crippen LogP contribution is -2.32. The van der Waals surface area contributed by atoms with Crippen LogP contribution in [0.5, 0.6) is 0 Å². The highest BCUT2D eigenvalue weighted by molar-refractivity contribution is 6.01. The molecule has 1 aliphatic carbocycles. The van der Waals surface area contributed by atoms with Gasteiger partial charge in [-0.05, 0) is 37.0 Å². The third kappa shape index (κ3) is 12.6. The molecule has 1 heterocycles. The summed E-state index contributed by atoms with van der Waals surface area (Å²) in [7, 11) is 0. The molecule has 1 aliphatic heterocycles. The predicted octanol–water partition coefficient (Wildman–Crippen LogP) is 2.27. The average molecular weight is 554 g/mol. The van der Waals surface area contributed by atoms with Crippen LogP contribution in [-0.2, 0) is 38.2 Å². The second kappa shape index (κ2) is 18.3. The number of nitrogens with one attached hydrogen (secondary N) is 2. The Kier molecular flexibility index (Phi) is 15.1. The maximum Gasteiger partial charge on any atom is 0.407 e. The lowest BCUT2D eigenvalue weighted by Gasteiger charge is -2.12. The Morgan fingerprint density at radius 3 is 2.21 bits per heavy atom. The molecule has 0 unspecified atom stereocenters. The van der Waals surface area contributed by atoms with Gasteiger partial charge in [0.1, 0.15) is 0 Å². The van der Waals surface area contributed by atoms with Crippen molar-refractivity contribution in [2.45, 2.75) is 64.7 Å². The van der Waals surface area contributed by atoms with Crippen molar-refractivity contribution in [3.8, 4) is 0 Å². The predicted molar refractivity (Wildman–Crippen MR) is 140 cm³/mol. The molecule has 0 aromatic rings. The van der Waals surface area contributed by atoms with E-state index in [4.69, 9.17) is 19.0 Å². The average Bonchev–Trinajstić information content (AvgIpc) is 3.48. The minimum absolute atomic E-state index is 0.0357. The van der Waals surface area contributed by atoms with Gasteiger partial charge in [-0.3, -0.25) is 14.4 Å². The fraction of sp³-hybridized carbons (Fsp3) is 0.741. The highest BCUT2D eigenvalue weighted by Gasteiger charge is 2.48. The van der Waals surface area contributed by atoms with Crippen molar-refractivity contribution in [3.05, 3.63) is 12.7 Å². The number of imide groups is 1. The normalized spacial score (nSPS) is 20.0. The molecule has 2 rings (SSSR count). The monoisotopic (exact) mass is 553 g/mol. The molecule has 0 aromatic heterocycles. The molecular weight excluding hydrogens is 510 g/mol. The largest absolute Gasteiger partial charge is 0.449 e. The molecule has 2 N–H and O–H groups in total. The summed E-state index contributed by atoms with van der Waals surface area (Å²) in [6.07, 6.45) is 6.26. The summed E-state index contributed by atoms with van der Waals surface area (Å²) in [6.45, 7) is 8.39. The number of nitrogens with zero attached hydrogens (tertiary/aromatic N) is 1. The topological polar surface area (TPSA) is 150 Å². The Morgan fingerprint density at radius 2 is 1.56 bits per heavy atom. The second-order valence-corrected chi connectivity index (χ2v) is 9.64. The zero-order valence-electron chi connectivity index (χ0n) is 23.0. The van der Waals surface area contributed by atoms with Gasteiger partial charge in [0.05, 0.1) is 33.0 Å². The van der Waals surface area contributed by atoms with E-state index in [2.05, 4.69) is 24.1 Å². The van der Waals surface area contributed by atoms with E-state index in [0.717, 1.165) is 19.3 Å². The number of carbonyl (C=O) groups excluding carboxylic acids is 5. The van der Waals surface area contributed by atoms with E-state index in [1.807, 2.05) is 6.08 Å². The van der Waals surface area contributed by atoms with Crippen molar-refractivity contribution in [1.29, 1.82) is 0 Å². The Balaban J connectivity index is 1.36. The lowest BCUT2D eigenvalue weighted by atomic mass is 10.1. The van der Waals surface area contributed by atoms with Gasteiger partial charge < -0.3 is 29.7 Å². The number of hydroxylamine groups is 2. The Bertz CT molecular complexity index is 819. The molecule has 39 heavy (non-hydrogen) atoms. The zero-order valence-corrected chi connectivity index (χ0v) is 23.0. The van der Waals surface area contributed by atoms with Gasteiger partial charge >= 0.3 is 12.1 Å². The molecular formula is C27H43N3O9. The highest BCUT2D eigenvalue weighted by Crippen LogP contribution is 2.52. The van der Waals surface area contributed by atoms with Crippen LogP contribution in [0.3, 0.4) is 0 Å². The summed E-state index contributed by atoms with van der Waals surface area (Å²) in [5.74, 6) is -0.309. The summed E-state index contributed by atoms with van der Waals surface area (Å²) < 4.78 is 16.2. The van der Waals surface area contributed by atoms with Gasteiger partial charge in [-0.1, -0.05) is 25.8 Å². The Morgan fingerprint density at radius 1 is 0.923 bits per heavy atom. The third-order valence-electron chi connectivity index (χ3n) is 6.68. The van der Waals surface area contributed by atoms with E-state index in [1.165, 1.54) is 6.42 Å². The van der Waals surface area contributed by atoms with E-state index in [-0.39, 0.29) is 38.0 Å². The van der Waals surface area contributed by atoms with Crippen molar-refractivity contribution in [3.63, 3.8) is 0 Å². The molecule has 4 amide bonds. The van der Waals surface area contributed by atoms with E-state index >= 15 is 0 Å². The number of rotatable bonds is 21. The number of amides is 4. The van der Waals surface area contributed by atoms with Crippen LogP contribution in [-0.4, -0.2) is 81.0 Å². The first-order chi connectivity index (χ1) is 18.9. The molecule has 12 heteroatoms. The molecule has 2 aliphatic rings. The summed E-state index contributed by atoms with van der Waals surface area (Å²) in [5.41, 5.74) is 0. The van der Waals surface area contributed by atoms with E-state index in [1.54, 1.807) is 0 Å². The van der Waals surface area contributed by atoms with Gasteiger partial charge in [0, 0.05) is 38.8 Å². The van der Waals surface area contributed by atoms with Crippen LogP contribution in [0, 0.1) is 17.8 Å². The first-order valence-corrected chi connectivity index (χ1v) is 13.9. The molecule has 0 spiro atoms. The molecule has 2 fully saturated rings. The quantitative estimate of drug-likeness (QED) is 0.124. The summed E-state index contributed by atoms with van der Waals surface area (Å²) in [5, 5.41) is 5.85. The zero-order chi connectivity index (χ0) is 28.5. The molecule has 0 bridgehead atoms. The minimum atomic E-state index is -0.728. The van der Waals surface area contributed by atoms with E-state index in [9.17, 15) is 24.0 Å². The number of alkyl carbamates (subject to hydrolysis) is 1. The maximum atomic E-state index is 11.9. The van der Waals surface area contributed by atoms with Crippen molar-refractivity contribution in [2.24, 2.45) is 17.8 Å². The van der Waals surface area contributed by atoms with Gasteiger partial charge in [-0.2, -0.15) is 0 Å². The standard InChI is InChI=1S/C27H43N3O9/c1-3-5-8-21-20(7-4-2)22(21)19-38-27(35)29-14-16-37-18-17-36-15-13-28-23(31)9-6-10-26(34)39-30-24(32)11-12-25(30)33/h3,20-22H,1,4-19H2,2H3,(H,28,31)(H,29,35)/t20-,21+,22-/m1/s1. The molecule has 0 radical (unpaired) electrons. The number of hydrogen-bond donors (Lipinski definition) is 2. The van der Waals surface area contributed by atoms with Gasteiger partial charge in [0.25, 0.3) is 11.8 Å². The van der Waals surface area contributed by atoms with E-state index < -0.39 is 23.9 Å². The van der Waals surface area contributed by atoms with Gasteiger partial charge in [0.2, 0.25) is 5.91 Å². The summed E-state index contributed by atoms with van der Waals surface area (Å²) >= 11 is 0. The number of carbonyl (C=O) groups is 5. The molecule has 1 saturated carbocycles. The number of allylic oxidation sites excluding steroid dienone is 1. The van der Waals surface area contributed by atoms with Crippen molar-refractivity contribution in [2.75, 3.05) is 46.1 Å². The highest BCUT2D eigenvalue weighted by atomic mass is 16.7. The molecule has 1 saturated heterocycles. The lowest BCUT2D eigenvalue weighted by molar-refractivity contribution is -0.197. The first kappa shape index (κ1) is 32.2. The fourth-order valence-electron chi connectivity index (χ4n) is 4.59. The van der Waals surface area contributed by atoms with Crippen LogP contribution in [0.15, 0.2) is 12.7 Å². The first-order valence-electron chi connectivity index (χ1n) is 13.9. The van der Waals surface area contributed by atoms with Crippen molar-refractivity contribution >= 4 is 29.8 Å². The fourth-order valence-corrected chi connectivity index (χ4v) is 4.59. The minimum Gasteiger partial charge on any atom is -0.449 e. The molecule has 220 valence electrons.